The van der Waals surface area contributed by atoms with Gasteiger partial charge < -0.3 is 5.73 Å². The third kappa shape index (κ3) is 3.62. The lowest BCUT2D eigenvalue weighted by Gasteiger charge is -2.30. The van der Waals surface area contributed by atoms with Gasteiger partial charge in [0.2, 0.25) is 10.0 Å². The third-order valence-corrected chi connectivity index (χ3v) is 3.31. The molecule has 0 bridgehead atoms. The second-order valence-corrected chi connectivity index (χ2v) is 5.56. The Hall–Kier alpha value is -0.130. The monoisotopic (exact) mass is 206 g/mol. The predicted octanol–water partition coefficient (Wildman–Crippen LogP) is 0.0531. The Labute approximate surface area is 79.9 Å². The fraction of sp³-hybridized carbons (Fsp3) is 1.00. The van der Waals surface area contributed by atoms with E-state index in [1.54, 1.807) is 0 Å². The van der Waals surface area contributed by atoms with Crippen molar-refractivity contribution >= 4 is 10.0 Å². The van der Waals surface area contributed by atoms with Crippen molar-refractivity contribution in [3.63, 3.8) is 0 Å². The van der Waals surface area contributed by atoms with Crippen LogP contribution in [0.5, 0.6) is 0 Å². The molecule has 1 saturated carbocycles. The van der Waals surface area contributed by atoms with E-state index in [4.69, 9.17) is 5.73 Å². The van der Waals surface area contributed by atoms with E-state index < -0.39 is 10.0 Å². The molecule has 1 rings (SSSR count). The zero-order chi connectivity index (χ0) is 9.90. The zero-order valence-electron chi connectivity index (χ0n) is 7.99. The number of hydrogen-bond acceptors (Lipinski definition) is 3. The second kappa shape index (κ2) is 4.39. The standard InChI is InChI=1S/C8H18N2O2S/c1-13(11,12)10-8-5-3-2-4-7(8)6-9/h7-8,10H,2-6,9H2,1H3/t7-,8+/m0/s1. The number of hydrogen-bond donors (Lipinski definition) is 2. The van der Waals surface area contributed by atoms with E-state index >= 15 is 0 Å². The van der Waals surface area contributed by atoms with Crippen molar-refractivity contribution in [2.75, 3.05) is 12.8 Å². The summed E-state index contributed by atoms with van der Waals surface area (Å²) in [5.41, 5.74) is 5.58. The third-order valence-electron chi connectivity index (χ3n) is 2.58. The molecule has 0 amide bonds. The lowest BCUT2D eigenvalue weighted by molar-refractivity contribution is 0.296. The maximum atomic E-state index is 11.0. The second-order valence-electron chi connectivity index (χ2n) is 3.78. The maximum Gasteiger partial charge on any atom is 0.208 e. The average molecular weight is 206 g/mol. The van der Waals surface area contributed by atoms with Gasteiger partial charge in [0, 0.05) is 6.04 Å². The van der Waals surface area contributed by atoms with Gasteiger partial charge in [-0.15, -0.1) is 0 Å². The maximum absolute atomic E-state index is 11.0. The highest BCUT2D eigenvalue weighted by Gasteiger charge is 2.25. The van der Waals surface area contributed by atoms with E-state index in [1.165, 1.54) is 12.7 Å². The average Bonchev–Trinajstić information content (AvgIpc) is 2.02. The van der Waals surface area contributed by atoms with Crippen molar-refractivity contribution in [3.8, 4) is 0 Å². The first-order valence-electron chi connectivity index (χ1n) is 4.70. The Morgan fingerprint density at radius 2 is 2.00 bits per heavy atom. The minimum Gasteiger partial charge on any atom is -0.330 e. The summed E-state index contributed by atoms with van der Waals surface area (Å²) in [6.45, 7) is 0.577. The number of nitrogens with two attached hydrogens (primary N) is 1. The van der Waals surface area contributed by atoms with E-state index in [-0.39, 0.29) is 6.04 Å². The van der Waals surface area contributed by atoms with Crippen LogP contribution < -0.4 is 10.5 Å². The molecule has 13 heavy (non-hydrogen) atoms. The molecule has 1 fully saturated rings. The van der Waals surface area contributed by atoms with E-state index in [2.05, 4.69) is 4.72 Å². The summed E-state index contributed by atoms with van der Waals surface area (Å²) in [4.78, 5) is 0. The van der Waals surface area contributed by atoms with Crippen molar-refractivity contribution in [1.82, 2.24) is 4.72 Å². The van der Waals surface area contributed by atoms with E-state index in [9.17, 15) is 8.42 Å². The van der Waals surface area contributed by atoms with Crippen molar-refractivity contribution in [3.05, 3.63) is 0 Å². The van der Waals surface area contributed by atoms with Gasteiger partial charge in [-0.3, -0.25) is 0 Å². The van der Waals surface area contributed by atoms with E-state index in [0.29, 0.717) is 12.5 Å². The van der Waals surface area contributed by atoms with E-state index in [0.717, 1.165) is 19.3 Å². The molecular weight excluding hydrogens is 188 g/mol. The molecule has 1 aliphatic carbocycles. The molecule has 4 nitrogen and oxygen atoms in total. The van der Waals surface area contributed by atoms with Gasteiger partial charge in [0.05, 0.1) is 6.26 Å². The topological polar surface area (TPSA) is 72.2 Å². The number of nitrogens with one attached hydrogen (secondary N) is 1. The number of sulfonamides is 1. The highest BCUT2D eigenvalue weighted by atomic mass is 32.2. The van der Waals surface area contributed by atoms with Crippen LogP contribution in [0.15, 0.2) is 0 Å². The highest BCUT2D eigenvalue weighted by Crippen LogP contribution is 2.23. The fourth-order valence-electron chi connectivity index (χ4n) is 1.92. The lowest BCUT2D eigenvalue weighted by atomic mass is 9.85. The van der Waals surface area contributed by atoms with Gasteiger partial charge >= 0.3 is 0 Å². The first-order valence-corrected chi connectivity index (χ1v) is 6.59. The van der Waals surface area contributed by atoms with Crippen LogP contribution in [0.3, 0.4) is 0 Å². The van der Waals surface area contributed by atoms with Gasteiger partial charge in [0.15, 0.2) is 0 Å². The molecule has 2 atom stereocenters. The Morgan fingerprint density at radius 3 is 2.54 bits per heavy atom. The molecule has 0 aliphatic heterocycles. The molecule has 0 saturated heterocycles. The first-order chi connectivity index (χ1) is 6.03. The molecule has 1 aliphatic rings. The van der Waals surface area contributed by atoms with Crippen molar-refractivity contribution in [2.24, 2.45) is 11.7 Å². The molecule has 5 heteroatoms. The molecule has 0 radical (unpaired) electrons. The molecule has 0 aromatic carbocycles. The van der Waals surface area contributed by atoms with Crippen LogP contribution >= 0.6 is 0 Å². The van der Waals surface area contributed by atoms with Gasteiger partial charge in [-0.1, -0.05) is 12.8 Å². The number of rotatable bonds is 3. The molecule has 0 aromatic rings. The van der Waals surface area contributed by atoms with E-state index in [1.807, 2.05) is 0 Å². The minimum atomic E-state index is -3.07. The summed E-state index contributed by atoms with van der Waals surface area (Å²) in [6, 6.07) is 0.0637. The Morgan fingerprint density at radius 1 is 1.38 bits per heavy atom. The van der Waals surface area contributed by atoms with Crippen molar-refractivity contribution in [2.45, 2.75) is 31.7 Å². The SMILES string of the molecule is CS(=O)(=O)N[C@@H]1CCCC[C@H]1CN. The Balaban J connectivity index is 2.55. The van der Waals surface area contributed by atoms with Crippen LogP contribution in [0.2, 0.25) is 0 Å². The summed E-state index contributed by atoms with van der Waals surface area (Å²) < 4.78 is 24.7. The summed E-state index contributed by atoms with van der Waals surface area (Å²) in [5.74, 6) is 0.323. The summed E-state index contributed by atoms with van der Waals surface area (Å²) in [6.07, 6.45) is 5.45. The smallest absolute Gasteiger partial charge is 0.208 e. The van der Waals surface area contributed by atoms with Crippen LogP contribution in [0.25, 0.3) is 0 Å². The molecule has 0 unspecified atom stereocenters. The van der Waals surface area contributed by atoms with Crippen LogP contribution in [0.1, 0.15) is 25.7 Å². The summed E-state index contributed by atoms with van der Waals surface area (Å²) in [7, 11) is -3.07. The highest BCUT2D eigenvalue weighted by molar-refractivity contribution is 7.88. The van der Waals surface area contributed by atoms with Gasteiger partial charge in [-0.25, -0.2) is 13.1 Å². The molecular formula is C8H18N2O2S. The Kier molecular flexibility index (Phi) is 3.70. The zero-order valence-corrected chi connectivity index (χ0v) is 8.81. The predicted molar refractivity (Wildman–Crippen MR) is 52.8 cm³/mol. The van der Waals surface area contributed by atoms with Gasteiger partial charge in [0.25, 0.3) is 0 Å². The Bertz CT molecular complexity index is 251. The largest absolute Gasteiger partial charge is 0.330 e. The van der Waals surface area contributed by atoms with Crippen molar-refractivity contribution < 1.29 is 8.42 Å². The van der Waals surface area contributed by atoms with Crippen LogP contribution in [0, 0.1) is 5.92 Å². The van der Waals surface area contributed by atoms with Gasteiger partial charge in [-0.05, 0) is 25.3 Å². The quantitative estimate of drug-likeness (QED) is 0.685. The van der Waals surface area contributed by atoms with Crippen LogP contribution in [0.4, 0.5) is 0 Å². The lowest BCUT2D eigenvalue weighted by Crippen LogP contribution is -2.44. The fourth-order valence-corrected chi connectivity index (χ4v) is 2.78. The minimum absolute atomic E-state index is 0.0637. The van der Waals surface area contributed by atoms with Crippen molar-refractivity contribution in [1.29, 1.82) is 0 Å². The van der Waals surface area contributed by atoms with Crippen LogP contribution in [-0.4, -0.2) is 27.3 Å². The molecule has 0 spiro atoms. The van der Waals surface area contributed by atoms with Gasteiger partial charge in [0.1, 0.15) is 0 Å². The van der Waals surface area contributed by atoms with Crippen LogP contribution in [-0.2, 0) is 10.0 Å². The molecule has 0 aromatic heterocycles. The summed E-state index contributed by atoms with van der Waals surface area (Å²) in [5, 5.41) is 0. The molecule has 0 heterocycles. The molecule has 3 N–H and O–H groups in total. The first kappa shape index (κ1) is 10.9. The molecule has 78 valence electrons. The van der Waals surface area contributed by atoms with Gasteiger partial charge in [-0.2, -0.15) is 0 Å². The summed E-state index contributed by atoms with van der Waals surface area (Å²) >= 11 is 0. The normalized spacial score (nSPS) is 30.3.